The Balaban J connectivity index is 1.74. The minimum absolute atomic E-state index is 0.0876. The molecule has 1 N–H and O–H groups in total. The number of benzene rings is 2. The normalized spacial score (nSPS) is 10.3. The van der Waals surface area contributed by atoms with Crippen molar-refractivity contribution in [2.75, 3.05) is 13.2 Å². The van der Waals surface area contributed by atoms with E-state index in [1.54, 1.807) is 24.4 Å². The molecule has 2 aromatic rings. The molecule has 118 valence electrons. The van der Waals surface area contributed by atoms with Crippen molar-refractivity contribution >= 4 is 12.1 Å². The van der Waals surface area contributed by atoms with Crippen LogP contribution in [-0.2, 0) is 4.79 Å². The highest BCUT2D eigenvalue weighted by atomic mass is 16.5. The van der Waals surface area contributed by atoms with E-state index in [1.807, 2.05) is 42.5 Å². The molecule has 5 nitrogen and oxygen atoms in total. The third-order valence-electron chi connectivity index (χ3n) is 2.76. The number of nitrogens with zero attached hydrogens (tertiary/aromatic N) is 1. The van der Waals surface area contributed by atoms with Gasteiger partial charge in [0.25, 0.3) is 5.91 Å². The number of hydrogen-bond acceptors (Lipinski definition) is 4. The molecule has 0 aromatic heterocycles. The molecule has 0 aliphatic carbocycles. The van der Waals surface area contributed by atoms with Gasteiger partial charge in [-0.1, -0.05) is 30.9 Å². The van der Waals surface area contributed by atoms with Crippen molar-refractivity contribution < 1.29 is 14.3 Å². The lowest BCUT2D eigenvalue weighted by Crippen LogP contribution is -2.24. The van der Waals surface area contributed by atoms with E-state index in [2.05, 4.69) is 17.1 Å². The van der Waals surface area contributed by atoms with Crippen molar-refractivity contribution in [2.45, 2.75) is 0 Å². The molecule has 2 rings (SSSR count). The van der Waals surface area contributed by atoms with E-state index < -0.39 is 0 Å². The van der Waals surface area contributed by atoms with Crippen molar-refractivity contribution in [3.05, 3.63) is 72.8 Å². The Bertz CT molecular complexity index is 652. The van der Waals surface area contributed by atoms with Gasteiger partial charge in [0, 0.05) is 0 Å². The average Bonchev–Trinajstić information content (AvgIpc) is 2.60. The minimum Gasteiger partial charge on any atom is -0.490 e. The van der Waals surface area contributed by atoms with Gasteiger partial charge in [-0.25, -0.2) is 5.43 Å². The number of hydrogen-bond donors (Lipinski definition) is 1. The Kier molecular flexibility index (Phi) is 6.41. The molecule has 0 saturated heterocycles. The SMILES string of the molecule is C=CCOc1ccc(/C=N\NC(=O)COc2ccccc2)cc1. The molecule has 0 heterocycles. The largest absolute Gasteiger partial charge is 0.490 e. The summed E-state index contributed by atoms with van der Waals surface area (Å²) in [5.41, 5.74) is 3.26. The van der Waals surface area contributed by atoms with Crippen molar-refractivity contribution in [3.8, 4) is 11.5 Å². The standard InChI is InChI=1S/C18H18N2O3/c1-2-12-22-17-10-8-15(9-11-17)13-19-20-18(21)14-23-16-6-4-3-5-7-16/h2-11,13H,1,12,14H2,(H,20,21)/b19-13-. The van der Waals surface area contributed by atoms with Crippen molar-refractivity contribution in [1.29, 1.82) is 0 Å². The number of rotatable bonds is 8. The van der Waals surface area contributed by atoms with Gasteiger partial charge in [0.1, 0.15) is 18.1 Å². The molecule has 0 fully saturated rings. The fourth-order valence-electron chi connectivity index (χ4n) is 1.68. The molecule has 0 aliphatic heterocycles. The second-order valence-electron chi connectivity index (χ2n) is 4.56. The Labute approximate surface area is 135 Å². The highest BCUT2D eigenvalue weighted by Gasteiger charge is 2.00. The fraction of sp³-hybridized carbons (Fsp3) is 0.111. The van der Waals surface area contributed by atoms with E-state index in [4.69, 9.17) is 9.47 Å². The van der Waals surface area contributed by atoms with Gasteiger partial charge in [0.2, 0.25) is 0 Å². The maximum Gasteiger partial charge on any atom is 0.277 e. The van der Waals surface area contributed by atoms with Crippen molar-refractivity contribution in [1.82, 2.24) is 5.43 Å². The first kappa shape index (κ1) is 16.3. The monoisotopic (exact) mass is 310 g/mol. The first-order valence-corrected chi connectivity index (χ1v) is 7.11. The second kappa shape index (κ2) is 9.04. The van der Waals surface area contributed by atoms with Crippen LogP contribution in [0.25, 0.3) is 0 Å². The molecule has 0 unspecified atom stereocenters. The van der Waals surface area contributed by atoms with Crippen LogP contribution < -0.4 is 14.9 Å². The molecule has 0 bridgehead atoms. The lowest BCUT2D eigenvalue weighted by molar-refractivity contribution is -0.123. The predicted octanol–water partition coefficient (Wildman–Crippen LogP) is 2.78. The van der Waals surface area contributed by atoms with E-state index in [0.717, 1.165) is 11.3 Å². The molecule has 23 heavy (non-hydrogen) atoms. The number of carbonyl (C=O) groups is 1. The van der Waals surface area contributed by atoms with Crippen LogP contribution >= 0.6 is 0 Å². The fourth-order valence-corrected chi connectivity index (χ4v) is 1.68. The zero-order chi connectivity index (χ0) is 16.3. The van der Waals surface area contributed by atoms with E-state index in [9.17, 15) is 4.79 Å². The molecule has 0 aliphatic rings. The summed E-state index contributed by atoms with van der Waals surface area (Å²) >= 11 is 0. The second-order valence-corrected chi connectivity index (χ2v) is 4.56. The molecule has 1 amide bonds. The highest BCUT2D eigenvalue weighted by molar-refractivity contribution is 5.83. The average molecular weight is 310 g/mol. The van der Waals surface area contributed by atoms with Gasteiger partial charge in [0.05, 0.1) is 6.21 Å². The molecular formula is C18H18N2O3. The lowest BCUT2D eigenvalue weighted by atomic mass is 10.2. The summed E-state index contributed by atoms with van der Waals surface area (Å²) in [4.78, 5) is 11.6. The summed E-state index contributed by atoms with van der Waals surface area (Å²) in [5.74, 6) is 1.07. The maximum atomic E-state index is 11.6. The first-order chi connectivity index (χ1) is 11.3. The van der Waals surface area contributed by atoms with Crippen LogP contribution in [0.15, 0.2) is 72.4 Å². The predicted molar refractivity (Wildman–Crippen MR) is 89.8 cm³/mol. The van der Waals surface area contributed by atoms with Crippen LogP contribution in [0.2, 0.25) is 0 Å². The van der Waals surface area contributed by atoms with Crippen LogP contribution in [0.5, 0.6) is 11.5 Å². The van der Waals surface area contributed by atoms with Gasteiger partial charge in [-0.15, -0.1) is 0 Å². The minimum atomic E-state index is -0.323. The molecular weight excluding hydrogens is 292 g/mol. The lowest BCUT2D eigenvalue weighted by Gasteiger charge is -2.04. The van der Waals surface area contributed by atoms with Gasteiger partial charge in [-0.3, -0.25) is 4.79 Å². The van der Waals surface area contributed by atoms with Gasteiger partial charge in [-0.05, 0) is 42.0 Å². The summed E-state index contributed by atoms with van der Waals surface area (Å²) in [6.45, 7) is 3.96. The zero-order valence-electron chi connectivity index (χ0n) is 12.6. The Morgan fingerprint density at radius 1 is 1.04 bits per heavy atom. The maximum absolute atomic E-state index is 11.6. The highest BCUT2D eigenvalue weighted by Crippen LogP contribution is 2.11. The number of carbonyl (C=O) groups excluding carboxylic acids is 1. The topological polar surface area (TPSA) is 59.9 Å². The van der Waals surface area contributed by atoms with Crippen LogP contribution in [0.4, 0.5) is 0 Å². The van der Waals surface area contributed by atoms with E-state index >= 15 is 0 Å². The summed E-state index contributed by atoms with van der Waals surface area (Å²) < 4.78 is 10.7. The Morgan fingerprint density at radius 2 is 1.74 bits per heavy atom. The number of nitrogens with one attached hydrogen (secondary N) is 1. The van der Waals surface area contributed by atoms with Crippen LogP contribution in [0.1, 0.15) is 5.56 Å². The third kappa shape index (κ3) is 6.05. The first-order valence-electron chi connectivity index (χ1n) is 7.11. The van der Waals surface area contributed by atoms with Crippen molar-refractivity contribution in [3.63, 3.8) is 0 Å². The quantitative estimate of drug-likeness (QED) is 0.463. The molecule has 0 atom stereocenters. The van der Waals surface area contributed by atoms with Gasteiger partial charge in [-0.2, -0.15) is 5.10 Å². The van der Waals surface area contributed by atoms with Gasteiger partial charge < -0.3 is 9.47 Å². The third-order valence-corrected chi connectivity index (χ3v) is 2.76. The number of para-hydroxylation sites is 1. The number of hydrazone groups is 1. The number of amides is 1. The van der Waals surface area contributed by atoms with E-state index in [0.29, 0.717) is 12.4 Å². The van der Waals surface area contributed by atoms with Crippen LogP contribution in [0.3, 0.4) is 0 Å². The Hall–Kier alpha value is -3.08. The van der Waals surface area contributed by atoms with E-state index in [-0.39, 0.29) is 12.5 Å². The molecule has 0 spiro atoms. The molecule has 0 saturated carbocycles. The van der Waals surface area contributed by atoms with Crippen molar-refractivity contribution in [2.24, 2.45) is 5.10 Å². The number of ether oxygens (including phenoxy) is 2. The summed E-state index contributed by atoms with van der Waals surface area (Å²) in [6, 6.07) is 16.5. The van der Waals surface area contributed by atoms with Crippen LogP contribution in [-0.4, -0.2) is 25.3 Å². The zero-order valence-corrected chi connectivity index (χ0v) is 12.6. The smallest absolute Gasteiger partial charge is 0.277 e. The summed E-state index contributed by atoms with van der Waals surface area (Å²) in [6.07, 6.45) is 3.24. The molecule has 5 heteroatoms. The Morgan fingerprint density at radius 3 is 2.43 bits per heavy atom. The van der Waals surface area contributed by atoms with Crippen LogP contribution in [0, 0.1) is 0 Å². The van der Waals surface area contributed by atoms with E-state index in [1.165, 1.54) is 0 Å². The summed E-state index contributed by atoms with van der Waals surface area (Å²) in [5, 5.41) is 3.88. The molecule has 2 aromatic carbocycles. The molecule has 0 radical (unpaired) electrons. The summed E-state index contributed by atoms with van der Waals surface area (Å²) in [7, 11) is 0. The van der Waals surface area contributed by atoms with Gasteiger partial charge in [0.15, 0.2) is 6.61 Å². The van der Waals surface area contributed by atoms with Gasteiger partial charge >= 0.3 is 0 Å².